The summed E-state index contributed by atoms with van der Waals surface area (Å²) in [5, 5.41) is 14.1. The first-order valence-electron chi connectivity index (χ1n) is 6.48. The average molecular weight is 281 g/mol. The van der Waals surface area contributed by atoms with E-state index in [1.165, 1.54) is 0 Å². The van der Waals surface area contributed by atoms with E-state index in [4.69, 9.17) is 10.5 Å². The first-order valence-corrected chi connectivity index (χ1v) is 6.48. The Labute approximate surface area is 117 Å². The molecular formula is C13H19N3O4. The first-order chi connectivity index (χ1) is 9.56. The minimum absolute atomic E-state index is 0.0655. The van der Waals surface area contributed by atoms with Gasteiger partial charge in [0, 0.05) is 13.0 Å². The molecule has 0 radical (unpaired) electrons. The lowest BCUT2D eigenvalue weighted by Gasteiger charge is -2.10. The summed E-state index contributed by atoms with van der Waals surface area (Å²) in [6, 6.07) is 4.90. The molecule has 0 atom stereocenters. The van der Waals surface area contributed by atoms with Crippen molar-refractivity contribution < 1.29 is 14.5 Å². The zero-order valence-corrected chi connectivity index (χ0v) is 11.4. The van der Waals surface area contributed by atoms with Gasteiger partial charge in [-0.15, -0.1) is 0 Å². The number of ether oxygens (including phenoxy) is 1. The van der Waals surface area contributed by atoms with E-state index in [9.17, 15) is 14.9 Å². The summed E-state index contributed by atoms with van der Waals surface area (Å²) in [4.78, 5) is 21.2. The van der Waals surface area contributed by atoms with Crippen LogP contribution in [0.15, 0.2) is 18.2 Å². The largest absolute Gasteiger partial charge is 0.487 e. The Balaban J connectivity index is 2.66. The van der Waals surface area contributed by atoms with E-state index >= 15 is 0 Å². The lowest BCUT2D eigenvalue weighted by atomic mass is 10.2. The number of unbranched alkanes of at least 4 members (excludes halogenated alkanes) is 1. The number of carbonyl (C=O) groups is 1. The van der Waals surface area contributed by atoms with Crippen molar-refractivity contribution in [3.05, 3.63) is 28.3 Å². The second kappa shape index (κ2) is 7.98. The summed E-state index contributed by atoms with van der Waals surface area (Å²) >= 11 is 0. The molecule has 0 aliphatic rings. The van der Waals surface area contributed by atoms with Crippen LogP contribution >= 0.6 is 0 Å². The summed E-state index contributed by atoms with van der Waals surface area (Å²) < 4.78 is 5.26. The molecule has 7 heteroatoms. The maximum absolute atomic E-state index is 11.1. The van der Waals surface area contributed by atoms with Crippen LogP contribution in [0.3, 0.4) is 0 Å². The molecule has 0 bridgehead atoms. The summed E-state index contributed by atoms with van der Waals surface area (Å²) in [6.45, 7) is 2.67. The van der Waals surface area contributed by atoms with E-state index in [-0.39, 0.29) is 17.3 Å². The number of hydrogen-bond acceptors (Lipinski definition) is 5. The van der Waals surface area contributed by atoms with Gasteiger partial charge in [-0.1, -0.05) is 6.07 Å². The first kappa shape index (κ1) is 15.7. The van der Waals surface area contributed by atoms with E-state index in [0.29, 0.717) is 38.1 Å². The highest BCUT2D eigenvalue weighted by Gasteiger charge is 2.20. The van der Waals surface area contributed by atoms with E-state index in [2.05, 4.69) is 5.32 Å². The molecule has 7 nitrogen and oxygen atoms in total. The van der Waals surface area contributed by atoms with Crippen molar-refractivity contribution in [2.24, 2.45) is 5.73 Å². The fourth-order valence-electron chi connectivity index (χ4n) is 1.77. The van der Waals surface area contributed by atoms with Crippen molar-refractivity contribution in [2.45, 2.75) is 26.2 Å². The van der Waals surface area contributed by atoms with Crippen molar-refractivity contribution in [1.82, 2.24) is 0 Å². The Hall–Kier alpha value is -2.31. The lowest BCUT2D eigenvalue weighted by Crippen LogP contribution is -2.11. The second-order valence-corrected chi connectivity index (χ2v) is 4.19. The Bertz CT molecular complexity index is 477. The predicted octanol–water partition coefficient (Wildman–Crippen LogP) is 2.06. The van der Waals surface area contributed by atoms with Gasteiger partial charge in [0.25, 0.3) is 0 Å². The van der Waals surface area contributed by atoms with Crippen molar-refractivity contribution in [1.29, 1.82) is 0 Å². The van der Waals surface area contributed by atoms with Gasteiger partial charge < -0.3 is 15.8 Å². The van der Waals surface area contributed by atoms with Gasteiger partial charge in [0.2, 0.25) is 5.91 Å². The highest BCUT2D eigenvalue weighted by Crippen LogP contribution is 2.34. The van der Waals surface area contributed by atoms with Gasteiger partial charge >= 0.3 is 5.69 Å². The van der Waals surface area contributed by atoms with Gasteiger partial charge in [-0.2, -0.15) is 0 Å². The minimum atomic E-state index is -0.462. The van der Waals surface area contributed by atoms with Gasteiger partial charge in [-0.25, -0.2) is 0 Å². The zero-order valence-electron chi connectivity index (χ0n) is 11.4. The Kier molecular flexibility index (Phi) is 6.28. The number of rotatable bonds is 9. The molecule has 0 saturated heterocycles. The fourth-order valence-corrected chi connectivity index (χ4v) is 1.77. The molecule has 1 aromatic rings. The molecule has 0 saturated carbocycles. The predicted molar refractivity (Wildman–Crippen MR) is 75.8 cm³/mol. The Morgan fingerprint density at radius 2 is 2.20 bits per heavy atom. The highest BCUT2D eigenvalue weighted by atomic mass is 16.6. The SMILES string of the molecule is CCOc1cccc(NCCCCC(N)=O)c1[N+](=O)[O-]. The third kappa shape index (κ3) is 4.75. The molecule has 0 heterocycles. The number of anilines is 1. The number of nitrogens with two attached hydrogens (primary N) is 1. The second-order valence-electron chi connectivity index (χ2n) is 4.19. The van der Waals surface area contributed by atoms with Crippen LogP contribution in [0.1, 0.15) is 26.2 Å². The van der Waals surface area contributed by atoms with Gasteiger partial charge in [0.05, 0.1) is 11.5 Å². The molecule has 0 fully saturated rings. The smallest absolute Gasteiger partial charge is 0.333 e. The van der Waals surface area contributed by atoms with Gasteiger partial charge in [0.1, 0.15) is 5.69 Å². The highest BCUT2D eigenvalue weighted by molar-refractivity contribution is 5.73. The number of nitrogens with zero attached hydrogens (tertiary/aromatic N) is 1. The number of nitro groups is 1. The topological polar surface area (TPSA) is 107 Å². The molecule has 20 heavy (non-hydrogen) atoms. The van der Waals surface area contributed by atoms with Gasteiger partial charge in [-0.05, 0) is 31.9 Å². The molecule has 0 spiro atoms. The number of primary amides is 1. The molecule has 0 aliphatic carbocycles. The number of nitrogens with one attached hydrogen (secondary N) is 1. The van der Waals surface area contributed by atoms with Crippen LogP contribution in [-0.4, -0.2) is 24.0 Å². The van der Waals surface area contributed by atoms with E-state index in [1.807, 2.05) is 0 Å². The van der Waals surface area contributed by atoms with Crippen LogP contribution < -0.4 is 15.8 Å². The van der Waals surface area contributed by atoms with Gasteiger partial charge in [-0.3, -0.25) is 14.9 Å². The minimum Gasteiger partial charge on any atom is -0.487 e. The monoisotopic (exact) mass is 281 g/mol. The van der Waals surface area contributed by atoms with Crippen molar-refractivity contribution in [3.8, 4) is 5.75 Å². The number of nitro benzene ring substituents is 1. The zero-order chi connectivity index (χ0) is 15.0. The molecule has 0 unspecified atom stereocenters. The quantitative estimate of drug-likeness (QED) is 0.409. The third-order valence-electron chi connectivity index (χ3n) is 2.65. The molecule has 0 aliphatic heterocycles. The van der Waals surface area contributed by atoms with E-state index in [1.54, 1.807) is 25.1 Å². The van der Waals surface area contributed by atoms with Crippen LogP contribution in [0.4, 0.5) is 11.4 Å². The Morgan fingerprint density at radius 1 is 1.45 bits per heavy atom. The molecule has 110 valence electrons. The van der Waals surface area contributed by atoms with Gasteiger partial charge in [0.15, 0.2) is 5.75 Å². The maximum Gasteiger partial charge on any atom is 0.333 e. The molecule has 1 aromatic carbocycles. The molecule has 1 amide bonds. The van der Waals surface area contributed by atoms with Crippen molar-refractivity contribution in [3.63, 3.8) is 0 Å². The molecular weight excluding hydrogens is 262 g/mol. The van der Waals surface area contributed by atoms with E-state index < -0.39 is 4.92 Å². The van der Waals surface area contributed by atoms with Crippen LogP contribution in [0, 0.1) is 10.1 Å². The average Bonchev–Trinajstić information content (AvgIpc) is 2.38. The van der Waals surface area contributed by atoms with Crippen LogP contribution in [0.5, 0.6) is 5.75 Å². The van der Waals surface area contributed by atoms with E-state index in [0.717, 1.165) is 0 Å². The Morgan fingerprint density at radius 3 is 2.80 bits per heavy atom. The normalized spacial score (nSPS) is 10.1. The van der Waals surface area contributed by atoms with Crippen molar-refractivity contribution >= 4 is 17.3 Å². The number of para-hydroxylation sites is 1. The van der Waals surface area contributed by atoms with Crippen LogP contribution in [0.2, 0.25) is 0 Å². The standard InChI is InChI=1S/C13H19N3O4/c1-2-20-11-7-5-6-10(13(11)16(18)19)15-9-4-3-8-12(14)17/h5-7,15H,2-4,8-9H2,1H3,(H2,14,17). The maximum atomic E-state index is 11.1. The van der Waals surface area contributed by atoms with Crippen LogP contribution in [0.25, 0.3) is 0 Å². The fraction of sp³-hybridized carbons (Fsp3) is 0.462. The molecule has 3 N–H and O–H groups in total. The third-order valence-corrected chi connectivity index (χ3v) is 2.65. The molecule has 1 rings (SSSR count). The number of amides is 1. The molecule has 0 aromatic heterocycles. The summed E-state index contributed by atoms with van der Waals surface area (Å²) in [5.74, 6) is -0.0889. The lowest BCUT2D eigenvalue weighted by molar-refractivity contribution is -0.384. The van der Waals surface area contributed by atoms with Crippen molar-refractivity contribution in [2.75, 3.05) is 18.5 Å². The van der Waals surface area contributed by atoms with Crippen LogP contribution in [-0.2, 0) is 4.79 Å². The summed E-state index contributed by atoms with van der Waals surface area (Å²) in [5.41, 5.74) is 5.39. The summed E-state index contributed by atoms with van der Waals surface area (Å²) in [7, 11) is 0. The number of hydrogen-bond donors (Lipinski definition) is 2. The summed E-state index contributed by atoms with van der Waals surface area (Å²) in [6.07, 6.45) is 1.68. The number of carbonyl (C=O) groups excluding carboxylic acids is 1. The number of benzene rings is 1.